The van der Waals surface area contributed by atoms with Crippen molar-refractivity contribution < 1.29 is 19.1 Å². The molecule has 2 aromatic carbocycles. The largest absolute Gasteiger partial charge is 0.465 e. The van der Waals surface area contributed by atoms with Crippen LogP contribution in [0, 0.1) is 0 Å². The molecule has 0 saturated heterocycles. The number of primary amides is 1. The second kappa shape index (κ2) is 7.70. The summed E-state index contributed by atoms with van der Waals surface area (Å²) >= 11 is 0. The summed E-state index contributed by atoms with van der Waals surface area (Å²) in [5, 5.41) is 7.06. The zero-order chi connectivity index (χ0) is 20.3. The van der Waals surface area contributed by atoms with Gasteiger partial charge in [-0.3, -0.25) is 14.4 Å². The monoisotopic (exact) mass is 380 g/mol. The summed E-state index contributed by atoms with van der Waals surface area (Å²) in [4.78, 5) is 48.2. The van der Waals surface area contributed by atoms with Gasteiger partial charge in [-0.15, -0.1) is 0 Å². The molecule has 9 nitrogen and oxygen atoms in total. The van der Waals surface area contributed by atoms with Crippen LogP contribution < -0.4 is 16.6 Å². The Labute approximate surface area is 158 Å². The van der Waals surface area contributed by atoms with Crippen molar-refractivity contribution in [3.8, 4) is 0 Å². The van der Waals surface area contributed by atoms with Gasteiger partial charge in [0.15, 0.2) is 5.69 Å². The van der Waals surface area contributed by atoms with Crippen molar-refractivity contribution >= 4 is 34.2 Å². The van der Waals surface area contributed by atoms with Crippen LogP contribution in [0.2, 0.25) is 0 Å². The van der Waals surface area contributed by atoms with Crippen LogP contribution in [0.15, 0.2) is 53.3 Å². The van der Waals surface area contributed by atoms with Gasteiger partial charge in [0.2, 0.25) is 5.91 Å². The third-order valence-electron chi connectivity index (χ3n) is 3.96. The van der Waals surface area contributed by atoms with Crippen molar-refractivity contribution in [3.63, 3.8) is 0 Å². The summed E-state index contributed by atoms with van der Waals surface area (Å²) in [5.74, 6) is -1.92. The number of nitrogens with zero attached hydrogens (tertiary/aromatic N) is 2. The number of methoxy groups -OCH3 is 1. The van der Waals surface area contributed by atoms with Crippen LogP contribution in [-0.2, 0) is 16.1 Å². The molecule has 0 aliphatic heterocycles. The molecule has 9 heteroatoms. The van der Waals surface area contributed by atoms with Gasteiger partial charge in [0.25, 0.3) is 11.5 Å². The zero-order valence-corrected chi connectivity index (χ0v) is 14.8. The van der Waals surface area contributed by atoms with E-state index in [1.54, 1.807) is 30.3 Å². The van der Waals surface area contributed by atoms with Crippen LogP contribution in [0.4, 0.5) is 5.69 Å². The quantitative estimate of drug-likeness (QED) is 0.632. The summed E-state index contributed by atoms with van der Waals surface area (Å²) in [6.07, 6.45) is 0. The standard InChI is InChI=1S/C19H16N4O5/c1-28-19(27)11-5-4-6-12(9-11)21-15(24)10-23-18(26)14-8-3-2-7-13(14)16(22-23)17(20)25/h2-9H,10H2,1H3,(H2,20,25)(H,21,24). The third-order valence-corrected chi connectivity index (χ3v) is 3.96. The number of fused-ring (bicyclic) bond motifs is 1. The number of nitrogens with one attached hydrogen (secondary N) is 1. The molecule has 0 bridgehead atoms. The van der Waals surface area contributed by atoms with E-state index >= 15 is 0 Å². The molecule has 0 radical (unpaired) electrons. The number of esters is 1. The third kappa shape index (κ3) is 3.73. The van der Waals surface area contributed by atoms with E-state index in [4.69, 9.17) is 5.73 Å². The molecule has 0 aliphatic carbocycles. The predicted octanol–water partition coefficient (Wildman–Crippen LogP) is 0.921. The Morgan fingerprint density at radius 2 is 1.82 bits per heavy atom. The van der Waals surface area contributed by atoms with Gasteiger partial charge in [0.05, 0.1) is 18.1 Å². The fourth-order valence-electron chi connectivity index (χ4n) is 2.70. The summed E-state index contributed by atoms with van der Waals surface area (Å²) < 4.78 is 5.51. The normalized spacial score (nSPS) is 10.5. The lowest BCUT2D eigenvalue weighted by Crippen LogP contribution is -2.32. The molecule has 0 atom stereocenters. The number of aromatic nitrogens is 2. The van der Waals surface area contributed by atoms with E-state index in [9.17, 15) is 19.2 Å². The van der Waals surface area contributed by atoms with E-state index in [1.807, 2.05) is 0 Å². The smallest absolute Gasteiger partial charge is 0.337 e. The fourth-order valence-corrected chi connectivity index (χ4v) is 2.70. The highest BCUT2D eigenvalue weighted by molar-refractivity contribution is 6.04. The minimum Gasteiger partial charge on any atom is -0.465 e. The minimum absolute atomic E-state index is 0.101. The molecule has 0 saturated carbocycles. The van der Waals surface area contributed by atoms with Crippen molar-refractivity contribution in [2.75, 3.05) is 12.4 Å². The zero-order valence-electron chi connectivity index (χ0n) is 14.8. The number of hydrogen-bond donors (Lipinski definition) is 2. The van der Waals surface area contributed by atoms with Crippen molar-refractivity contribution in [1.82, 2.24) is 9.78 Å². The maximum absolute atomic E-state index is 12.6. The Kier molecular flexibility index (Phi) is 5.16. The highest BCUT2D eigenvalue weighted by Gasteiger charge is 2.16. The lowest BCUT2D eigenvalue weighted by molar-refractivity contribution is -0.117. The molecular weight excluding hydrogens is 364 g/mol. The predicted molar refractivity (Wildman–Crippen MR) is 101 cm³/mol. The number of carbonyl (C=O) groups is 3. The second-order valence-electron chi connectivity index (χ2n) is 5.84. The van der Waals surface area contributed by atoms with Gasteiger partial charge in [-0.05, 0) is 24.3 Å². The molecule has 0 unspecified atom stereocenters. The Morgan fingerprint density at radius 1 is 1.11 bits per heavy atom. The topological polar surface area (TPSA) is 133 Å². The van der Waals surface area contributed by atoms with E-state index in [0.717, 1.165) is 4.68 Å². The molecule has 0 spiro atoms. The molecule has 3 N–H and O–H groups in total. The molecule has 0 fully saturated rings. The number of nitrogens with two attached hydrogens (primary N) is 1. The lowest BCUT2D eigenvalue weighted by Gasteiger charge is -2.10. The summed E-state index contributed by atoms with van der Waals surface area (Å²) in [6, 6.07) is 12.5. The first kappa shape index (κ1) is 18.8. The summed E-state index contributed by atoms with van der Waals surface area (Å²) in [7, 11) is 1.25. The first-order valence-corrected chi connectivity index (χ1v) is 8.18. The number of anilines is 1. The van der Waals surface area contributed by atoms with E-state index in [1.165, 1.54) is 25.3 Å². The summed E-state index contributed by atoms with van der Waals surface area (Å²) in [6.45, 7) is -0.438. The average Bonchev–Trinajstić information content (AvgIpc) is 2.69. The van der Waals surface area contributed by atoms with E-state index in [0.29, 0.717) is 11.1 Å². The molecule has 3 rings (SSSR count). The number of rotatable bonds is 5. The highest BCUT2D eigenvalue weighted by Crippen LogP contribution is 2.14. The molecule has 142 valence electrons. The van der Waals surface area contributed by atoms with Crippen LogP contribution in [0.3, 0.4) is 0 Å². The van der Waals surface area contributed by atoms with E-state index in [2.05, 4.69) is 15.2 Å². The Balaban J connectivity index is 1.90. The van der Waals surface area contributed by atoms with Gasteiger partial charge >= 0.3 is 5.97 Å². The van der Waals surface area contributed by atoms with Gasteiger partial charge in [-0.2, -0.15) is 5.10 Å². The van der Waals surface area contributed by atoms with Gasteiger partial charge in [-0.25, -0.2) is 9.48 Å². The molecule has 3 aromatic rings. The van der Waals surface area contributed by atoms with Gasteiger partial charge in [-0.1, -0.05) is 24.3 Å². The van der Waals surface area contributed by atoms with E-state index < -0.39 is 29.9 Å². The fraction of sp³-hybridized carbons (Fsp3) is 0.105. The number of carbonyl (C=O) groups excluding carboxylic acids is 3. The molecule has 2 amide bonds. The average molecular weight is 380 g/mol. The van der Waals surface area contributed by atoms with Crippen molar-refractivity contribution in [2.24, 2.45) is 5.73 Å². The van der Waals surface area contributed by atoms with Gasteiger partial charge in [0.1, 0.15) is 6.54 Å². The van der Waals surface area contributed by atoms with Crippen LogP contribution >= 0.6 is 0 Å². The van der Waals surface area contributed by atoms with Crippen LogP contribution in [0.1, 0.15) is 20.8 Å². The Bertz CT molecular complexity index is 1150. The SMILES string of the molecule is COC(=O)c1cccc(NC(=O)Cn2nc(C(N)=O)c3ccccc3c2=O)c1. The van der Waals surface area contributed by atoms with Crippen LogP contribution in [0.25, 0.3) is 10.8 Å². The minimum atomic E-state index is -0.809. The summed E-state index contributed by atoms with van der Waals surface area (Å²) in [5.41, 5.74) is 5.33. The molecule has 0 aliphatic rings. The lowest BCUT2D eigenvalue weighted by atomic mass is 10.1. The Morgan fingerprint density at radius 3 is 2.50 bits per heavy atom. The van der Waals surface area contributed by atoms with Crippen LogP contribution in [-0.4, -0.2) is 34.7 Å². The van der Waals surface area contributed by atoms with Crippen molar-refractivity contribution in [1.29, 1.82) is 0 Å². The van der Waals surface area contributed by atoms with Crippen molar-refractivity contribution in [3.05, 3.63) is 70.1 Å². The van der Waals surface area contributed by atoms with E-state index in [-0.39, 0.29) is 16.6 Å². The molecule has 1 heterocycles. The maximum Gasteiger partial charge on any atom is 0.337 e. The molecular formula is C19H16N4O5. The number of ether oxygens (including phenoxy) is 1. The number of benzene rings is 2. The maximum atomic E-state index is 12.6. The number of hydrogen-bond acceptors (Lipinski definition) is 6. The van der Waals surface area contributed by atoms with Crippen LogP contribution in [0.5, 0.6) is 0 Å². The first-order valence-electron chi connectivity index (χ1n) is 8.18. The highest BCUT2D eigenvalue weighted by atomic mass is 16.5. The molecule has 28 heavy (non-hydrogen) atoms. The molecule has 1 aromatic heterocycles. The first-order chi connectivity index (χ1) is 13.4. The Hall–Kier alpha value is -4.01. The second-order valence-corrected chi connectivity index (χ2v) is 5.84. The number of amides is 2. The van der Waals surface area contributed by atoms with Crippen molar-refractivity contribution in [2.45, 2.75) is 6.54 Å². The van der Waals surface area contributed by atoms with Gasteiger partial charge in [0, 0.05) is 11.1 Å². The van der Waals surface area contributed by atoms with Gasteiger partial charge < -0.3 is 15.8 Å².